The molecule has 0 spiro atoms. The van der Waals surface area contributed by atoms with Crippen LogP contribution in [0.2, 0.25) is 0 Å². The first-order chi connectivity index (χ1) is 9.77. The summed E-state index contributed by atoms with van der Waals surface area (Å²) in [6.07, 6.45) is 0.0451. The molecule has 0 amide bonds. The van der Waals surface area contributed by atoms with Gasteiger partial charge in [0.2, 0.25) is 11.5 Å². The van der Waals surface area contributed by atoms with Crippen LogP contribution in [-0.4, -0.2) is 30.6 Å². The molecule has 0 aromatic heterocycles. The van der Waals surface area contributed by atoms with Crippen LogP contribution < -0.4 is 0 Å². The number of phenolic OH excluding ortho intramolecular Hbond substituents is 6. The summed E-state index contributed by atoms with van der Waals surface area (Å²) in [5.74, 6) is -3.24. The van der Waals surface area contributed by atoms with Crippen LogP contribution in [0.3, 0.4) is 0 Å². The SMILES string of the molecule is Cc1c(O)c(Br)c2c(c1O)Cc1c(O)c(O)c(O)c(O)c1-2. The molecule has 21 heavy (non-hydrogen) atoms. The molecular formula is C14H11BrO6. The Kier molecular flexibility index (Phi) is 2.68. The fourth-order valence-corrected chi connectivity index (χ4v) is 3.41. The van der Waals surface area contributed by atoms with E-state index in [1.54, 1.807) is 0 Å². The largest absolute Gasteiger partial charge is 0.507 e. The molecule has 0 saturated carbocycles. The molecule has 0 bridgehead atoms. The number of hydrogen-bond donors (Lipinski definition) is 6. The average molecular weight is 355 g/mol. The Balaban J connectivity index is 2.49. The average Bonchev–Trinajstić information content (AvgIpc) is 2.87. The quantitative estimate of drug-likeness (QED) is 0.272. The van der Waals surface area contributed by atoms with Crippen molar-refractivity contribution in [1.29, 1.82) is 0 Å². The van der Waals surface area contributed by atoms with Gasteiger partial charge < -0.3 is 30.6 Å². The standard InChI is InChI=1S/C14H11BrO6/c1-3-9(16)4-2-5-7(6(4)8(15)10(3)17)12(19)14(21)13(20)11(5)18/h16-21H,2H2,1H3. The highest BCUT2D eigenvalue weighted by Crippen LogP contribution is 2.60. The van der Waals surface area contributed by atoms with Crippen LogP contribution in [0.4, 0.5) is 0 Å². The molecule has 6 N–H and O–H groups in total. The maximum absolute atomic E-state index is 10.1. The van der Waals surface area contributed by atoms with E-state index in [9.17, 15) is 30.6 Å². The highest BCUT2D eigenvalue weighted by Gasteiger charge is 2.35. The second kappa shape index (κ2) is 4.11. The van der Waals surface area contributed by atoms with E-state index in [2.05, 4.69) is 15.9 Å². The zero-order chi connectivity index (χ0) is 15.6. The van der Waals surface area contributed by atoms with Crippen molar-refractivity contribution in [3.8, 4) is 45.6 Å². The first-order valence-corrected chi connectivity index (χ1v) is 6.78. The molecule has 0 saturated heterocycles. The van der Waals surface area contributed by atoms with Crippen LogP contribution in [0.15, 0.2) is 4.47 Å². The predicted octanol–water partition coefficient (Wildman–Crippen LogP) is 2.56. The summed E-state index contributed by atoms with van der Waals surface area (Å²) >= 11 is 3.19. The normalized spacial score (nSPS) is 12.3. The topological polar surface area (TPSA) is 121 Å². The molecule has 0 aliphatic heterocycles. The molecule has 3 rings (SSSR count). The number of hydrogen-bond acceptors (Lipinski definition) is 6. The smallest absolute Gasteiger partial charge is 0.204 e. The summed E-state index contributed by atoms with van der Waals surface area (Å²) < 4.78 is 0.228. The molecule has 0 heterocycles. The maximum Gasteiger partial charge on any atom is 0.204 e. The lowest BCUT2D eigenvalue weighted by Crippen LogP contribution is -1.88. The number of fused-ring (bicyclic) bond motifs is 3. The Morgan fingerprint density at radius 1 is 0.667 bits per heavy atom. The highest BCUT2D eigenvalue weighted by molar-refractivity contribution is 9.10. The van der Waals surface area contributed by atoms with Crippen LogP contribution in [0.25, 0.3) is 11.1 Å². The number of phenols is 6. The molecule has 0 unspecified atom stereocenters. The summed E-state index contributed by atoms with van der Waals surface area (Å²) in [6, 6.07) is 0. The number of halogens is 1. The molecule has 0 fully saturated rings. The zero-order valence-corrected chi connectivity index (χ0v) is 12.4. The predicted molar refractivity (Wildman–Crippen MR) is 77.1 cm³/mol. The van der Waals surface area contributed by atoms with Crippen molar-refractivity contribution in [2.45, 2.75) is 13.3 Å². The van der Waals surface area contributed by atoms with Gasteiger partial charge in [0.15, 0.2) is 11.5 Å². The van der Waals surface area contributed by atoms with E-state index in [1.165, 1.54) is 6.92 Å². The molecule has 1 aliphatic carbocycles. The number of aromatic hydroxyl groups is 6. The van der Waals surface area contributed by atoms with E-state index in [0.717, 1.165) is 0 Å². The molecule has 1 aliphatic rings. The van der Waals surface area contributed by atoms with E-state index < -0.39 is 23.0 Å². The van der Waals surface area contributed by atoms with Gasteiger partial charge in [0.05, 0.1) is 4.47 Å². The van der Waals surface area contributed by atoms with Gasteiger partial charge in [-0.25, -0.2) is 0 Å². The fourth-order valence-electron chi connectivity index (χ4n) is 2.67. The Labute approximate surface area is 127 Å². The summed E-state index contributed by atoms with van der Waals surface area (Å²) in [5, 5.41) is 59.4. The van der Waals surface area contributed by atoms with E-state index in [4.69, 9.17) is 0 Å². The van der Waals surface area contributed by atoms with E-state index in [-0.39, 0.29) is 44.6 Å². The van der Waals surface area contributed by atoms with Crippen LogP contribution in [0.5, 0.6) is 34.5 Å². The van der Waals surface area contributed by atoms with Crippen molar-refractivity contribution in [2.24, 2.45) is 0 Å². The van der Waals surface area contributed by atoms with Gasteiger partial charge in [-0.3, -0.25) is 0 Å². The molecule has 0 radical (unpaired) electrons. The Bertz CT molecular complexity index is 745. The van der Waals surface area contributed by atoms with E-state index in [1.807, 2.05) is 0 Å². The van der Waals surface area contributed by atoms with Crippen molar-refractivity contribution in [1.82, 2.24) is 0 Å². The van der Waals surface area contributed by atoms with Gasteiger partial charge in [-0.1, -0.05) is 0 Å². The molecule has 7 heteroatoms. The summed E-state index contributed by atoms with van der Waals surface area (Å²) in [5.41, 5.74) is 1.13. The van der Waals surface area contributed by atoms with Gasteiger partial charge in [-0.05, 0) is 22.9 Å². The molecule has 2 aromatic rings. The second-order valence-electron chi connectivity index (χ2n) is 4.91. The second-order valence-corrected chi connectivity index (χ2v) is 5.71. The van der Waals surface area contributed by atoms with Gasteiger partial charge >= 0.3 is 0 Å². The third-order valence-electron chi connectivity index (χ3n) is 3.83. The van der Waals surface area contributed by atoms with Crippen LogP contribution >= 0.6 is 15.9 Å². The monoisotopic (exact) mass is 354 g/mol. The lowest BCUT2D eigenvalue weighted by molar-refractivity contribution is 0.345. The van der Waals surface area contributed by atoms with Crippen LogP contribution in [0, 0.1) is 6.92 Å². The van der Waals surface area contributed by atoms with E-state index >= 15 is 0 Å². The first-order valence-electron chi connectivity index (χ1n) is 5.99. The Morgan fingerprint density at radius 3 is 1.81 bits per heavy atom. The molecule has 6 nitrogen and oxygen atoms in total. The molecule has 110 valence electrons. The highest BCUT2D eigenvalue weighted by atomic mass is 79.9. The third kappa shape index (κ3) is 1.52. The van der Waals surface area contributed by atoms with Crippen molar-refractivity contribution in [3.63, 3.8) is 0 Å². The van der Waals surface area contributed by atoms with Crippen LogP contribution in [-0.2, 0) is 6.42 Å². The summed E-state index contributed by atoms with van der Waals surface area (Å²) in [6.45, 7) is 1.52. The molecular weight excluding hydrogens is 344 g/mol. The fraction of sp³-hybridized carbons (Fsp3) is 0.143. The Hall–Kier alpha value is -2.28. The third-order valence-corrected chi connectivity index (χ3v) is 4.60. The lowest BCUT2D eigenvalue weighted by Gasteiger charge is -2.13. The zero-order valence-electron chi connectivity index (χ0n) is 10.8. The maximum atomic E-state index is 10.1. The number of benzene rings is 2. The molecule has 2 aromatic carbocycles. The van der Waals surface area contributed by atoms with Crippen LogP contribution in [0.1, 0.15) is 16.7 Å². The summed E-state index contributed by atoms with van der Waals surface area (Å²) in [4.78, 5) is 0. The minimum absolute atomic E-state index is 0.0451. The Morgan fingerprint density at radius 2 is 1.19 bits per heavy atom. The minimum Gasteiger partial charge on any atom is -0.507 e. The van der Waals surface area contributed by atoms with E-state index in [0.29, 0.717) is 5.56 Å². The minimum atomic E-state index is -0.856. The van der Waals surface area contributed by atoms with Gasteiger partial charge in [-0.2, -0.15) is 0 Å². The van der Waals surface area contributed by atoms with Gasteiger partial charge in [0.25, 0.3) is 0 Å². The van der Waals surface area contributed by atoms with Crippen molar-refractivity contribution in [3.05, 3.63) is 21.2 Å². The van der Waals surface area contributed by atoms with Gasteiger partial charge in [0, 0.05) is 34.2 Å². The molecule has 0 atom stereocenters. The lowest BCUT2D eigenvalue weighted by atomic mass is 10.0. The van der Waals surface area contributed by atoms with Gasteiger partial charge in [-0.15, -0.1) is 0 Å². The van der Waals surface area contributed by atoms with Crippen molar-refractivity contribution in [2.75, 3.05) is 0 Å². The number of rotatable bonds is 0. The van der Waals surface area contributed by atoms with Crippen molar-refractivity contribution < 1.29 is 30.6 Å². The summed E-state index contributed by atoms with van der Waals surface area (Å²) in [7, 11) is 0. The first kappa shape index (κ1) is 13.7. The van der Waals surface area contributed by atoms with Crippen molar-refractivity contribution >= 4 is 15.9 Å². The van der Waals surface area contributed by atoms with Gasteiger partial charge in [0.1, 0.15) is 11.5 Å².